The molecule has 0 bridgehead atoms. The first-order valence-corrected chi connectivity index (χ1v) is 7.99. The van der Waals surface area contributed by atoms with Crippen molar-refractivity contribution in [2.75, 3.05) is 0 Å². The molecule has 0 unspecified atom stereocenters. The Morgan fingerprint density at radius 1 is 1.16 bits per heavy atom. The zero-order valence-corrected chi connectivity index (χ0v) is 14.0. The van der Waals surface area contributed by atoms with Gasteiger partial charge in [-0.1, -0.05) is 6.07 Å². The van der Waals surface area contributed by atoms with E-state index < -0.39 is 11.9 Å². The van der Waals surface area contributed by atoms with Crippen molar-refractivity contribution in [3.63, 3.8) is 0 Å². The van der Waals surface area contributed by atoms with E-state index in [2.05, 4.69) is 30.5 Å². The van der Waals surface area contributed by atoms with Gasteiger partial charge in [-0.05, 0) is 48.2 Å². The van der Waals surface area contributed by atoms with Gasteiger partial charge in [0.1, 0.15) is 16.4 Å². The monoisotopic (exact) mass is 367 g/mol. The van der Waals surface area contributed by atoms with Gasteiger partial charge in [0.15, 0.2) is 5.82 Å². The molecule has 0 radical (unpaired) electrons. The smallest absolute Gasteiger partial charge is 0.253 e. The average Bonchev–Trinajstić information content (AvgIpc) is 3.03. The first-order chi connectivity index (χ1) is 11.8. The molecule has 0 aliphatic carbocycles. The fraction of sp³-hybridized carbons (Fsp3) is 0.286. The highest BCUT2D eigenvalue weighted by atomic mass is 32.2. The van der Waals surface area contributed by atoms with Crippen molar-refractivity contribution in [1.82, 2.24) is 35.2 Å². The molecule has 0 N–H and O–H groups in total. The maximum absolute atomic E-state index is 13.2. The van der Waals surface area contributed by atoms with Crippen molar-refractivity contribution < 1.29 is 13.2 Å². The molecule has 130 valence electrons. The Morgan fingerprint density at radius 3 is 2.60 bits per heavy atom. The summed E-state index contributed by atoms with van der Waals surface area (Å²) in [5, 5.41) is 11.6. The van der Waals surface area contributed by atoms with Gasteiger partial charge in [0.2, 0.25) is 5.16 Å². The Hall–Kier alpha value is -2.56. The summed E-state index contributed by atoms with van der Waals surface area (Å²) in [6.45, 7) is 3.72. The summed E-state index contributed by atoms with van der Waals surface area (Å²) in [6, 6.07) is 5.68. The van der Waals surface area contributed by atoms with Crippen molar-refractivity contribution in [1.29, 1.82) is 0 Å². The van der Waals surface area contributed by atoms with Gasteiger partial charge in [0.05, 0.1) is 6.04 Å². The number of halogens is 3. The molecule has 0 fully saturated rings. The third kappa shape index (κ3) is 3.92. The number of hydrogen-bond donors (Lipinski definition) is 0. The molecular weight excluding hydrogens is 355 g/mol. The Morgan fingerprint density at radius 2 is 1.96 bits per heavy atom. The summed E-state index contributed by atoms with van der Waals surface area (Å²) in [5.41, 5.74) is -0.798. The number of rotatable bonds is 4. The van der Waals surface area contributed by atoms with E-state index in [9.17, 15) is 13.2 Å². The average molecular weight is 367 g/mol. The van der Waals surface area contributed by atoms with Crippen LogP contribution in [0.2, 0.25) is 0 Å². The van der Waals surface area contributed by atoms with Crippen LogP contribution >= 0.6 is 11.8 Å². The zero-order chi connectivity index (χ0) is 18.0. The Bertz CT molecular complexity index is 864. The molecule has 0 aliphatic heterocycles. The molecule has 0 atom stereocenters. The van der Waals surface area contributed by atoms with Crippen molar-refractivity contribution in [2.45, 2.75) is 36.2 Å². The minimum atomic E-state index is -4.61. The van der Waals surface area contributed by atoms with Gasteiger partial charge in [0.25, 0.3) is 0 Å². The second-order valence-electron chi connectivity index (χ2n) is 5.23. The number of alkyl halides is 3. The van der Waals surface area contributed by atoms with E-state index >= 15 is 0 Å². The van der Waals surface area contributed by atoms with Crippen LogP contribution in [0.15, 0.2) is 40.6 Å². The van der Waals surface area contributed by atoms with Gasteiger partial charge in [-0.3, -0.25) is 4.98 Å². The van der Waals surface area contributed by atoms with E-state index in [1.807, 2.05) is 13.8 Å². The predicted octanol–water partition coefficient (Wildman–Crippen LogP) is 3.28. The molecule has 0 saturated heterocycles. The van der Waals surface area contributed by atoms with E-state index in [0.717, 1.165) is 17.8 Å². The van der Waals surface area contributed by atoms with E-state index in [1.165, 1.54) is 10.9 Å². The fourth-order valence-corrected chi connectivity index (χ4v) is 2.81. The molecule has 0 aromatic carbocycles. The summed E-state index contributed by atoms with van der Waals surface area (Å²) in [5.74, 6) is -0.110. The number of nitrogens with zero attached hydrogens (tertiary/aromatic N) is 7. The van der Waals surface area contributed by atoms with Crippen LogP contribution < -0.4 is 0 Å². The van der Waals surface area contributed by atoms with Crippen LogP contribution in [-0.2, 0) is 6.18 Å². The Kier molecular flexibility index (Phi) is 4.66. The predicted molar refractivity (Wildman–Crippen MR) is 82.6 cm³/mol. The van der Waals surface area contributed by atoms with Gasteiger partial charge in [-0.2, -0.15) is 13.2 Å². The van der Waals surface area contributed by atoms with Gasteiger partial charge >= 0.3 is 6.18 Å². The minimum Gasteiger partial charge on any atom is -0.253 e. The standard InChI is InChI=1S/C14H12F3N7S/c1-8(2)24-13(21-22-23-24)25-11-7-10(14(15,16)17)19-12(20-11)9-5-3-4-6-18-9/h3-8H,1-2H3. The van der Waals surface area contributed by atoms with Crippen LogP contribution in [0.5, 0.6) is 0 Å². The Labute approximate surface area is 144 Å². The summed E-state index contributed by atoms with van der Waals surface area (Å²) >= 11 is 0.936. The summed E-state index contributed by atoms with van der Waals surface area (Å²) in [4.78, 5) is 11.8. The van der Waals surface area contributed by atoms with Gasteiger partial charge in [0, 0.05) is 12.3 Å². The van der Waals surface area contributed by atoms with Gasteiger partial charge < -0.3 is 0 Å². The van der Waals surface area contributed by atoms with Crippen LogP contribution in [0.25, 0.3) is 11.5 Å². The minimum absolute atomic E-state index is 0.0447. The number of tetrazole rings is 1. The molecule has 0 aliphatic rings. The third-order valence-electron chi connectivity index (χ3n) is 3.03. The molecule has 25 heavy (non-hydrogen) atoms. The quantitative estimate of drug-likeness (QED) is 0.655. The summed E-state index contributed by atoms with van der Waals surface area (Å²) in [6.07, 6.45) is -3.14. The maximum Gasteiger partial charge on any atom is 0.433 e. The number of aromatic nitrogens is 7. The van der Waals surface area contributed by atoms with Gasteiger partial charge in [-0.15, -0.1) is 5.10 Å². The number of pyridine rings is 1. The van der Waals surface area contributed by atoms with E-state index in [1.54, 1.807) is 18.2 Å². The van der Waals surface area contributed by atoms with E-state index in [4.69, 9.17) is 0 Å². The van der Waals surface area contributed by atoms with E-state index in [-0.39, 0.29) is 22.6 Å². The molecular formula is C14H12F3N7S. The molecule has 0 amide bonds. The van der Waals surface area contributed by atoms with Crippen molar-refractivity contribution in [2.24, 2.45) is 0 Å². The summed E-state index contributed by atoms with van der Waals surface area (Å²) in [7, 11) is 0. The van der Waals surface area contributed by atoms with E-state index in [0.29, 0.717) is 5.16 Å². The lowest BCUT2D eigenvalue weighted by Crippen LogP contribution is -2.11. The summed E-state index contributed by atoms with van der Waals surface area (Å²) < 4.78 is 41.1. The SMILES string of the molecule is CC(C)n1nnnc1Sc1cc(C(F)(F)F)nc(-c2ccccn2)n1. The lowest BCUT2D eigenvalue weighted by atomic mass is 10.3. The normalized spacial score (nSPS) is 11.9. The molecule has 3 aromatic rings. The van der Waals surface area contributed by atoms with Crippen molar-refractivity contribution >= 4 is 11.8 Å². The second-order valence-corrected chi connectivity index (χ2v) is 6.22. The highest BCUT2D eigenvalue weighted by molar-refractivity contribution is 7.99. The van der Waals surface area contributed by atoms with Crippen LogP contribution in [0.1, 0.15) is 25.6 Å². The molecule has 7 nitrogen and oxygen atoms in total. The Balaban J connectivity index is 2.05. The molecule has 0 saturated carbocycles. The molecule has 3 rings (SSSR count). The van der Waals surface area contributed by atoms with Crippen LogP contribution in [-0.4, -0.2) is 35.2 Å². The van der Waals surface area contributed by atoms with Crippen LogP contribution in [0, 0.1) is 0 Å². The second kappa shape index (κ2) is 6.75. The van der Waals surface area contributed by atoms with Crippen LogP contribution in [0.3, 0.4) is 0 Å². The fourth-order valence-electron chi connectivity index (χ4n) is 1.90. The van der Waals surface area contributed by atoms with Crippen LogP contribution in [0.4, 0.5) is 13.2 Å². The highest BCUT2D eigenvalue weighted by Crippen LogP contribution is 2.33. The topological polar surface area (TPSA) is 82.3 Å². The lowest BCUT2D eigenvalue weighted by molar-refractivity contribution is -0.141. The zero-order valence-electron chi connectivity index (χ0n) is 13.1. The third-order valence-corrected chi connectivity index (χ3v) is 3.90. The first kappa shape index (κ1) is 17.3. The van der Waals surface area contributed by atoms with Crippen molar-refractivity contribution in [3.05, 3.63) is 36.2 Å². The molecule has 11 heteroatoms. The first-order valence-electron chi connectivity index (χ1n) is 7.18. The molecule has 3 aromatic heterocycles. The van der Waals surface area contributed by atoms with Crippen molar-refractivity contribution in [3.8, 4) is 11.5 Å². The largest absolute Gasteiger partial charge is 0.433 e. The molecule has 0 spiro atoms. The highest BCUT2D eigenvalue weighted by Gasteiger charge is 2.34. The number of hydrogen-bond acceptors (Lipinski definition) is 7. The maximum atomic E-state index is 13.2. The van der Waals surface area contributed by atoms with Gasteiger partial charge in [-0.25, -0.2) is 14.6 Å². The lowest BCUT2D eigenvalue weighted by Gasteiger charge is -2.10. The molecule has 3 heterocycles.